The molecule has 0 aliphatic carbocycles. The number of carbonyl (C=O) groups is 1. The topological polar surface area (TPSA) is 128 Å². The first kappa shape index (κ1) is 15.5. The Labute approximate surface area is 89.0 Å². The Kier molecular flexibility index (Phi) is 7.12. The Bertz CT molecular complexity index is 214. The summed E-state index contributed by atoms with van der Waals surface area (Å²) in [6, 6.07) is 0. The average Bonchev–Trinajstić information content (AvgIpc) is 1.97. The van der Waals surface area contributed by atoms with Gasteiger partial charge in [-0.2, -0.15) is 0 Å². The van der Waals surface area contributed by atoms with Gasteiger partial charge in [0.1, 0.15) is 5.54 Å². The van der Waals surface area contributed by atoms with Crippen LogP contribution in [0.2, 0.25) is 0 Å². The van der Waals surface area contributed by atoms with Gasteiger partial charge in [0, 0.05) is 6.54 Å². The lowest BCUT2D eigenvalue weighted by Gasteiger charge is -2.17. The first-order valence-corrected chi connectivity index (χ1v) is 3.94. The highest BCUT2D eigenvalue weighted by Gasteiger charge is 2.26. The van der Waals surface area contributed by atoms with E-state index in [-0.39, 0.29) is 18.4 Å². The van der Waals surface area contributed by atoms with Gasteiger partial charge in [0.25, 0.3) is 0 Å². The summed E-state index contributed by atoms with van der Waals surface area (Å²) in [5.74, 6) is -1.01. The fourth-order valence-corrected chi connectivity index (χ4v) is 0.761. The van der Waals surface area contributed by atoms with E-state index >= 15 is 0 Å². The van der Waals surface area contributed by atoms with Crippen LogP contribution in [0.25, 0.3) is 0 Å². The summed E-state index contributed by atoms with van der Waals surface area (Å²) in [5.41, 5.74) is 14.4. The summed E-state index contributed by atoms with van der Waals surface area (Å²) in [4.78, 5) is 14.2. The molecule has 14 heavy (non-hydrogen) atoms. The van der Waals surface area contributed by atoms with Crippen molar-refractivity contribution in [2.24, 2.45) is 22.2 Å². The van der Waals surface area contributed by atoms with Crippen LogP contribution in [-0.2, 0) is 4.79 Å². The summed E-state index contributed by atoms with van der Waals surface area (Å²) < 4.78 is 0. The van der Waals surface area contributed by atoms with Crippen LogP contribution in [0.3, 0.4) is 0 Å². The fourth-order valence-electron chi connectivity index (χ4n) is 0.761. The molecule has 1 unspecified atom stereocenters. The third-order valence-electron chi connectivity index (χ3n) is 1.64. The highest BCUT2D eigenvalue weighted by Crippen LogP contribution is 2.08. The van der Waals surface area contributed by atoms with Crippen LogP contribution in [0.5, 0.6) is 0 Å². The lowest BCUT2D eigenvalue weighted by molar-refractivity contribution is -0.142. The smallest absolute Gasteiger partial charge is 0.323 e. The number of hydrogen-bond acceptors (Lipinski definition) is 3. The Balaban J connectivity index is 0. The second-order valence-corrected chi connectivity index (χ2v) is 3.13. The maximum atomic E-state index is 10.5. The summed E-state index contributed by atoms with van der Waals surface area (Å²) in [6.45, 7) is 1.87. The highest BCUT2D eigenvalue weighted by molar-refractivity contribution is 5.85. The summed E-state index contributed by atoms with van der Waals surface area (Å²) in [5, 5.41) is 8.64. The van der Waals surface area contributed by atoms with E-state index in [4.69, 9.17) is 22.3 Å². The number of carboxylic acid groups (broad SMARTS) is 1. The van der Waals surface area contributed by atoms with Crippen LogP contribution in [0, 0.1) is 0 Å². The number of rotatable bonds is 5. The molecule has 0 spiro atoms. The van der Waals surface area contributed by atoms with E-state index in [0.717, 1.165) is 0 Å². The molecule has 0 heterocycles. The Morgan fingerprint density at radius 3 is 2.36 bits per heavy atom. The molecule has 0 saturated heterocycles. The van der Waals surface area contributed by atoms with Crippen molar-refractivity contribution in [2.45, 2.75) is 25.3 Å². The molecule has 0 amide bonds. The van der Waals surface area contributed by atoms with Gasteiger partial charge in [-0.1, -0.05) is 0 Å². The van der Waals surface area contributed by atoms with Crippen LogP contribution in [-0.4, -0.2) is 29.1 Å². The number of aliphatic imine (C=N–C) groups is 1. The number of nitrogens with zero attached hydrogens (tertiary/aromatic N) is 1. The van der Waals surface area contributed by atoms with Gasteiger partial charge in [0.05, 0.1) is 0 Å². The molecule has 0 aromatic heterocycles. The summed E-state index contributed by atoms with van der Waals surface area (Å²) in [6.07, 6.45) is 0.899. The van der Waals surface area contributed by atoms with Gasteiger partial charge < -0.3 is 22.3 Å². The van der Waals surface area contributed by atoms with Gasteiger partial charge in [-0.3, -0.25) is 9.79 Å². The SMILES string of the molecule is CC(N)(CCCN=C(N)N)C(=O)O.Cl. The molecular weight excluding hydrogens is 208 g/mol. The summed E-state index contributed by atoms with van der Waals surface area (Å²) >= 11 is 0. The predicted molar refractivity (Wildman–Crippen MR) is 57.4 cm³/mol. The van der Waals surface area contributed by atoms with E-state index in [0.29, 0.717) is 19.4 Å². The van der Waals surface area contributed by atoms with E-state index in [1.54, 1.807) is 0 Å². The number of halogens is 1. The molecule has 0 rings (SSSR count). The second kappa shape index (κ2) is 6.44. The Hall–Kier alpha value is -1.01. The fraction of sp³-hybridized carbons (Fsp3) is 0.714. The van der Waals surface area contributed by atoms with Crippen molar-refractivity contribution in [1.29, 1.82) is 0 Å². The average molecular weight is 225 g/mol. The zero-order valence-electron chi connectivity index (χ0n) is 8.06. The van der Waals surface area contributed by atoms with Gasteiger partial charge in [-0.25, -0.2) is 0 Å². The maximum Gasteiger partial charge on any atom is 0.323 e. The first-order chi connectivity index (χ1) is 5.86. The minimum Gasteiger partial charge on any atom is -0.480 e. The number of hydrogen-bond donors (Lipinski definition) is 4. The molecule has 6 nitrogen and oxygen atoms in total. The lowest BCUT2D eigenvalue weighted by Crippen LogP contribution is -2.44. The van der Waals surface area contributed by atoms with Crippen LogP contribution in [0.15, 0.2) is 4.99 Å². The molecule has 0 saturated carbocycles. The second-order valence-electron chi connectivity index (χ2n) is 3.13. The maximum absolute atomic E-state index is 10.5. The number of aliphatic carboxylic acids is 1. The van der Waals surface area contributed by atoms with Gasteiger partial charge in [-0.15, -0.1) is 12.4 Å². The molecule has 0 radical (unpaired) electrons. The standard InChI is InChI=1S/C7H16N4O2.ClH/c1-7(10,5(12)13)3-2-4-11-6(8)9;/h2-4,10H2,1H3,(H,12,13)(H4,8,9,11);1H. The quantitative estimate of drug-likeness (QED) is 0.278. The normalized spacial score (nSPS) is 13.6. The Morgan fingerprint density at radius 2 is 2.00 bits per heavy atom. The zero-order valence-corrected chi connectivity index (χ0v) is 8.88. The van der Waals surface area contributed by atoms with Crippen LogP contribution in [0.4, 0.5) is 0 Å². The molecule has 84 valence electrons. The molecule has 0 aliphatic rings. The van der Waals surface area contributed by atoms with Crippen molar-refractivity contribution in [3.63, 3.8) is 0 Å². The first-order valence-electron chi connectivity index (χ1n) is 3.94. The third-order valence-corrected chi connectivity index (χ3v) is 1.64. The lowest BCUT2D eigenvalue weighted by atomic mass is 9.98. The molecule has 0 aromatic carbocycles. The molecule has 0 aliphatic heterocycles. The van der Waals surface area contributed by atoms with E-state index in [2.05, 4.69) is 4.99 Å². The molecule has 7 heteroatoms. The minimum absolute atomic E-state index is 0. The van der Waals surface area contributed by atoms with Gasteiger partial charge in [0.15, 0.2) is 5.96 Å². The van der Waals surface area contributed by atoms with Gasteiger partial charge in [-0.05, 0) is 19.8 Å². The number of nitrogens with two attached hydrogens (primary N) is 3. The van der Waals surface area contributed by atoms with E-state index in [1.165, 1.54) is 6.92 Å². The zero-order chi connectivity index (χ0) is 10.5. The highest BCUT2D eigenvalue weighted by atomic mass is 35.5. The van der Waals surface area contributed by atoms with Crippen molar-refractivity contribution in [3.05, 3.63) is 0 Å². The molecule has 7 N–H and O–H groups in total. The van der Waals surface area contributed by atoms with Crippen molar-refractivity contribution in [2.75, 3.05) is 6.54 Å². The monoisotopic (exact) mass is 224 g/mol. The third kappa shape index (κ3) is 6.50. The van der Waals surface area contributed by atoms with Gasteiger partial charge in [0.2, 0.25) is 0 Å². The van der Waals surface area contributed by atoms with Crippen molar-refractivity contribution in [1.82, 2.24) is 0 Å². The van der Waals surface area contributed by atoms with Crippen LogP contribution in [0.1, 0.15) is 19.8 Å². The van der Waals surface area contributed by atoms with Crippen molar-refractivity contribution in [3.8, 4) is 0 Å². The molecule has 0 fully saturated rings. The number of carboxylic acids is 1. The molecule has 0 bridgehead atoms. The van der Waals surface area contributed by atoms with Crippen LogP contribution >= 0.6 is 12.4 Å². The molecule has 0 aromatic rings. The summed E-state index contributed by atoms with van der Waals surface area (Å²) in [7, 11) is 0. The predicted octanol–water partition coefficient (Wildman–Crippen LogP) is -0.736. The van der Waals surface area contributed by atoms with E-state index in [1.807, 2.05) is 0 Å². The van der Waals surface area contributed by atoms with Crippen molar-refractivity contribution < 1.29 is 9.90 Å². The van der Waals surface area contributed by atoms with Crippen LogP contribution < -0.4 is 17.2 Å². The number of guanidine groups is 1. The largest absolute Gasteiger partial charge is 0.480 e. The molecule has 1 atom stereocenters. The van der Waals surface area contributed by atoms with Gasteiger partial charge >= 0.3 is 5.97 Å². The minimum atomic E-state index is -1.20. The van der Waals surface area contributed by atoms with E-state index < -0.39 is 11.5 Å². The van der Waals surface area contributed by atoms with E-state index in [9.17, 15) is 4.79 Å². The Morgan fingerprint density at radius 1 is 1.50 bits per heavy atom. The van der Waals surface area contributed by atoms with Crippen molar-refractivity contribution >= 4 is 24.3 Å². The molecular formula is C7H17ClN4O2.